The van der Waals surface area contributed by atoms with Gasteiger partial charge in [-0.25, -0.2) is 4.39 Å². The molecule has 168 valence electrons. The third-order valence-corrected chi connectivity index (χ3v) is 5.61. The average Bonchev–Trinajstić information content (AvgIpc) is 2.82. The molecule has 0 aliphatic heterocycles. The number of amides is 1. The third kappa shape index (κ3) is 5.86. The molecule has 1 amide bonds. The molecular formula is C26H29FN2O3. The maximum atomic E-state index is 13.2. The molecule has 0 radical (unpaired) electrons. The van der Waals surface area contributed by atoms with Gasteiger partial charge < -0.3 is 14.8 Å². The van der Waals surface area contributed by atoms with E-state index in [-0.39, 0.29) is 30.4 Å². The predicted molar refractivity (Wildman–Crippen MR) is 123 cm³/mol. The van der Waals surface area contributed by atoms with Crippen LogP contribution in [0.1, 0.15) is 35.7 Å². The number of nitrogens with one attached hydrogen (secondary N) is 1. The first-order chi connectivity index (χ1) is 15.4. The van der Waals surface area contributed by atoms with Crippen LogP contribution in [0.3, 0.4) is 0 Å². The quantitative estimate of drug-likeness (QED) is 0.526. The van der Waals surface area contributed by atoms with Gasteiger partial charge in [0.15, 0.2) is 0 Å². The molecule has 5 nitrogen and oxygen atoms in total. The monoisotopic (exact) mass is 436 g/mol. The van der Waals surface area contributed by atoms with Crippen molar-refractivity contribution in [3.63, 3.8) is 0 Å². The largest absolute Gasteiger partial charge is 0.497 e. The summed E-state index contributed by atoms with van der Waals surface area (Å²) in [6.07, 6.45) is 0. The molecule has 3 rings (SSSR count). The zero-order chi connectivity index (χ0) is 23.1. The van der Waals surface area contributed by atoms with Gasteiger partial charge in [-0.05, 0) is 67.1 Å². The third-order valence-electron chi connectivity index (χ3n) is 5.61. The van der Waals surface area contributed by atoms with E-state index in [1.165, 1.54) is 12.1 Å². The fraction of sp³-hybridized carbons (Fsp3) is 0.269. The highest BCUT2D eigenvalue weighted by Gasteiger charge is 2.20. The molecule has 0 aliphatic carbocycles. The summed E-state index contributed by atoms with van der Waals surface area (Å²) in [5.74, 6) is 1.11. The lowest BCUT2D eigenvalue weighted by Crippen LogP contribution is -2.38. The molecule has 0 bridgehead atoms. The molecule has 0 spiro atoms. The average molecular weight is 437 g/mol. The number of carbonyl (C=O) groups is 1. The topological polar surface area (TPSA) is 50.8 Å². The van der Waals surface area contributed by atoms with E-state index in [2.05, 4.69) is 5.32 Å². The van der Waals surface area contributed by atoms with Gasteiger partial charge in [-0.3, -0.25) is 9.69 Å². The van der Waals surface area contributed by atoms with Crippen molar-refractivity contribution in [3.05, 3.63) is 95.3 Å². The van der Waals surface area contributed by atoms with Crippen LogP contribution in [0, 0.1) is 5.82 Å². The number of hydrogen-bond acceptors (Lipinski definition) is 4. The zero-order valence-electron chi connectivity index (χ0n) is 18.8. The second-order valence-electron chi connectivity index (χ2n) is 7.69. The summed E-state index contributed by atoms with van der Waals surface area (Å²) in [5, 5.41) is 3.15. The summed E-state index contributed by atoms with van der Waals surface area (Å²) in [6.45, 7) is 2.19. The fourth-order valence-corrected chi connectivity index (χ4v) is 3.52. The molecule has 0 saturated heterocycles. The smallest absolute Gasteiger partial charge is 0.234 e. The van der Waals surface area contributed by atoms with Gasteiger partial charge in [0.2, 0.25) is 5.91 Å². The Bertz CT molecular complexity index is 957. The van der Waals surface area contributed by atoms with Gasteiger partial charge in [0.05, 0.1) is 26.8 Å². The molecule has 0 heterocycles. The number of carbonyl (C=O) groups excluding carboxylic acids is 1. The molecule has 1 N–H and O–H groups in total. The van der Waals surface area contributed by atoms with Gasteiger partial charge in [0.1, 0.15) is 17.3 Å². The van der Waals surface area contributed by atoms with Crippen molar-refractivity contribution in [1.29, 1.82) is 0 Å². The lowest BCUT2D eigenvalue weighted by atomic mass is 9.98. The van der Waals surface area contributed by atoms with E-state index in [0.717, 1.165) is 28.2 Å². The minimum Gasteiger partial charge on any atom is -0.497 e. The number of benzene rings is 3. The molecule has 1 atom stereocenters. The van der Waals surface area contributed by atoms with Crippen LogP contribution in [-0.4, -0.2) is 38.6 Å². The van der Waals surface area contributed by atoms with Crippen LogP contribution in [0.15, 0.2) is 72.8 Å². The van der Waals surface area contributed by atoms with Crippen LogP contribution in [0.25, 0.3) is 0 Å². The SMILES string of the molecule is COc1ccc(C(NC(=O)CN(C)[C@@H](C)c2ccc(F)cc2)c2ccc(OC)cc2)cc1. The maximum Gasteiger partial charge on any atom is 0.234 e. The van der Waals surface area contributed by atoms with E-state index < -0.39 is 0 Å². The Morgan fingerprint density at radius 1 is 0.844 bits per heavy atom. The fourth-order valence-electron chi connectivity index (χ4n) is 3.52. The molecule has 3 aromatic carbocycles. The number of nitrogens with zero attached hydrogens (tertiary/aromatic N) is 1. The van der Waals surface area contributed by atoms with Crippen LogP contribution >= 0.6 is 0 Å². The predicted octanol–water partition coefficient (Wildman–Crippen LogP) is 4.74. The number of halogens is 1. The standard InChI is InChI=1S/C26H29FN2O3/c1-18(19-5-11-22(27)12-6-19)29(2)17-25(30)28-26(20-7-13-23(31-3)14-8-20)21-9-15-24(32-4)16-10-21/h5-16,18,26H,17H2,1-4H3,(H,28,30)/t18-/m0/s1. The Morgan fingerprint density at radius 2 is 1.28 bits per heavy atom. The second-order valence-corrected chi connectivity index (χ2v) is 7.69. The molecule has 0 aromatic heterocycles. The van der Waals surface area contributed by atoms with E-state index >= 15 is 0 Å². The van der Waals surface area contributed by atoms with Gasteiger partial charge in [-0.15, -0.1) is 0 Å². The summed E-state index contributed by atoms with van der Waals surface area (Å²) < 4.78 is 23.7. The second kappa shape index (κ2) is 10.8. The summed E-state index contributed by atoms with van der Waals surface area (Å²) in [6, 6.07) is 21.3. The summed E-state index contributed by atoms with van der Waals surface area (Å²) in [4.78, 5) is 14.9. The van der Waals surface area contributed by atoms with Gasteiger partial charge in [-0.2, -0.15) is 0 Å². The lowest BCUT2D eigenvalue weighted by molar-refractivity contribution is -0.122. The van der Waals surface area contributed by atoms with Crippen LogP contribution in [0.2, 0.25) is 0 Å². The van der Waals surface area contributed by atoms with E-state index in [4.69, 9.17) is 9.47 Å². The summed E-state index contributed by atoms with van der Waals surface area (Å²) in [5.41, 5.74) is 2.83. The Morgan fingerprint density at radius 3 is 1.72 bits per heavy atom. The Kier molecular flexibility index (Phi) is 7.84. The van der Waals surface area contributed by atoms with Crippen molar-refractivity contribution >= 4 is 5.91 Å². The number of methoxy groups -OCH3 is 2. The molecule has 32 heavy (non-hydrogen) atoms. The zero-order valence-corrected chi connectivity index (χ0v) is 18.8. The van der Waals surface area contributed by atoms with E-state index in [0.29, 0.717) is 0 Å². The van der Waals surface area contributed by atoms with Crippen LogP contribution in [0.5, 0.6) is 11.5 Å². The summed E-state index contributed by atoms with van der Waals surface area (Å²) >= 11 is 0. The molecule has 0 fully saturated rings. The van der Waals surface area contributed by atoms with Gasteiger partial charge in [0.25, 0.3) is 0 Å². The molecular weight excluding hydrogens is 407 g/mol. The van der Waals surface area contributed by atoms with Gasteiger partial charge in [0, 0.05) is 6.04 Å². The number of likely N-dealkylation sites (N-methyl/N-ethyl adjacent to an activating group) is 1. The molecule has 6 heteroatoms. The first kappa shape index (κ1) is 23.3. The van der Waals surface area contributed by atoms with E-state index in [9.17, 15) is 9.18 Å². The molecule has 0 aliphatic rings. The van der Waals surface area contributed by atoms with Crippen LogP contribution < -0.4 is 14.8 Å². The normalized spacial score (nSPS) is 12.0. The van der Waals surface area contributed by atoms with Crippen molar-refractivity contribution in [2.75, 3.05) is 27.8 Å². The summed E-state index contributed by atoms with van der Waals surface area (Å²) in [7, 11) is 5.12. The molecule has 0 unspecified atom stereocenters. The highest BCUT2D eigenvalue weighted by molar-refractivity contribution is 5.79. The Hall–Kier alpha value is -3.38. The van der Waals surface area contributed by atoms with Gasteiger partial charge in [-0.1, -0.05) is 36.4 Å². The van der Waals surface area contributed by atoms with E-state index in [1.54, 1.807) is 26.4 Å². The first-order valence-corrected chi connectivity index (χ1v) is 10.4. The number of hydrogen-bond donors (Lipinski definition) is 1. The minimum absolute atomic E-state index is 0.0400. The van der Waals surface area contributed by atoms with Crippen molar-refractivity contribution in [2.45, 2.75) is 19.0 Å². The van der Waals surface area contributed by atoms with Crippen molar-refractivity contribution in [1.82, 2.24) is 10.2 Å². The maximum absolute atomic E-state index is 13.2. The highest BCUT2D eigenvalue weighted by atomic mass is 19.1. The number of ether oxygens (including phenoxy) is 2. The lowest BCUT2D eigenvalue weighted by Gasteiger charge is -2.26. The number of rotatable bonds is 9. The van der Waals surface area contributed by atoms with Gasteiger partial charge >= 0.3 is 0 Å². The molecule has 3 aromatic rings. The van der Waals surface area contributed by atoms with Crippen LogP contribution in [-0.2, 0) is 4.79 Å². The Balaban J connectivity index is 1.76. The Labute approximate surface area is 188 Å². The van der Waals surface area contributed by atoms with Crippen molar-refractivity contribution in [3.8, 4) is 11.5 Å². The van der Waals surface area contributed by atoms with Crippen molar-refractivity contribution in [2.24, 2.45) is 0 Å². The first-order valence-electron chi connectivity index (χ1n) is 10.4. The van der Waals surface area contributed by atoms with Crippen LogP contribution in [0.4, 0.5) is 4.39 Å². The minimum atomic E-state index is -0.325. The highest BCUT2D eigenvalue weighted by Crippen LogP contribution is 2.26. The van der Waals surface area contributed by atoms with E-state index in [1.807, 2.05) is 67.4 Å². The molecule has 0 saturated carbocycles. The van der Waals surface area contributed by atoms with Crippen molar-refractivity contribution < 1.29 is 18.7 Å².